The Morgan fingerprint density at radius 1 is 1.23 bits per heavy atom. The predicted molar refractivity (Wildman–Crippen MR) is 109 cm³/mol. The SMILES string of the molecule is CCOc1ccccc1NC(=O)C1CCN(c2ccc(C(F)(F)F)cc2[N+](=O)[O-])CC1. The van der Waals surface area contributed by atoms with Crippen LogP contribution in [0.2, 0.25) is 0 Å². The van der Waals surface area contributed by atoms with Crippen LogP contribution in [0.4, 0.5) is 30.2 Å². The molecule has 1 heterocycles. The van der Waals surface area contributed by atoms with E-state index in [2.05, 4.69) is 5.32 Å². The molecule has 1 N–H and O–H groups in total. The summed E-state index contributed by atoms with van der Waals surface area (Å²) in [6.07, 6.45) is -3.83. The van der Waals surface area contributed by atoms with E-state index in [1.54, 1.807) is 29.2 Å². The van der Waals surface area contributed by atoms with Crippen LogP contribution >= 0.6 is 0 Å². The second-order valence-electron chi connectivity index (χ2n) is 7.14. The van der Waals surface area contributed by atoms with E-state index in [0.717, 1.165) is 12.1 Å². The molecule has 1 aliphatic heterocycles. The summed E-state index contributed by atoms with van der Waals surface area (Å²) in [5.74, 6) is 0.0596. The van der Waals surface area contributed by atoms with Crippen LogP contribution in [-0.4, -0.2) is 30.5 Å². The van der Waals surface area contributed by atoms with Gasteiger partial charge in [-0.15, -0.1) is 0 Å². The van der Waals surface area contributed by atoms with Crippen molar-refractivity contribution in [2.24, 2.45) is 5.92 Å². The monoisotopic (exact) mass is 437 g/mol. The Bertz CT molecular complexity index is 957. The zero-order valence-electron chi connectivity index (χ0n) is 16.8. The van der Waals surface area contributed by atoms with Crippen molar-refractivity contribution in [2.45, 2.75) is 25.9 Å². The maximum absolute atomic E-state index is 12.9. The fourth-order valence-electron chi connectivity index (χ4n) is 3.58. The number of hydrogen-bond acceptors (Lipinski definition) is 5. The van der Waals surface area contributed by atoms with Gasteiger partial charge in [0.15, 0.2) is 0 Å². The van der Waals surface area contributed by atoms with Crippen molar-refractivity contribution in [3.8, 4) is 5.75 Å². The van der Waals surface area contributed by atoms with Gasteiger partial charge in [0, 0.05) is 25.1 Å². The Morgan fingerprint density at radius 3 is 2.52 bits per heavy atom. The Balaban J connectivity index is 1.68. The molecule has 0 bridgehead atoms. The summed E-state index contributed by atoms with van der Waals surface area (Å²) in [6.45, 7) is 2.93. The average molecular weight is 437 g/mol. The van der Waals surface area contributed by atoms with E-state index in [1.807, 2.05) is 6.92 Å². The Morgan fingerprint density at radius 2 is 1.90 bits per heavy atom. The number of rotatable bonds is 6. The lowest BCUT2D eigenvalue weighted by molar-refractivity contribution is -0.384. The van der Waals surface area contributed by atoms with E-state index in [9.17, 15) is 28.1 Å². The molecule has 1 amide bonds. The fourth-order valence-corrected chi connectivity index (χ4v) is 3.58. The number of nitro groups is 1. The molecule has 0 atom stereocenters. The normalized spacial score (nSPS) is 14.9. The first kappa shape index (κ1) is 22.4. The lowest BCUT2D eigenvalue weighted by Gasteiger charge is -2.32. The molecule has 1 aliphatic rings. The van der Waals surface area contributed by atoms with Crippen molar-refractivity contribution >= 4 is 23.0 Å². The zero-order valence-corrected chi connectivity index (χ0v) is 16.8. The molecular weight excluding hydrogens is 415 g/mol. The quantitative estimate of drug-likeness (QED) is 0.515. The topological polar surface area (TPSA) is 84.7 Å². The number of ether oxygens (including phenoxy) is 1. The van der Waals surface area contributed by atoms with E-state index in [0.29, 0.717) is 50.0 Å². The molecule has 166 valence electrons. The average Bonchev–Trinajstić information content (AvgIpc) is 2.74. The van der Waals surface area contributed by atoms with Crippen LogP contribution in [0.5, 0.6) is 5.75 Å². The number of carbonyl (C=O) groups is 1. The van der Waals surface area contributed by atoms with E-state index >= 15 is 0 Å². The molecule has 1 saturated heterocycles. The maximum Gasteiger partial charge on any atom is 0.416 e. The summed E-state index contributed by atoms with van der Waals surface area (Å²) in [6, 6.07) is 9.60. The van der Waals surface area contributed by atoms with Gasteiger partial charge < -0.3 is 15.0 Å². The van der Waals surface area contributed by atoms with Gasteiger partial charge in [0.05, 0.1) is 22.8 Å². The van der Waals surface area contributed by atoms with Crippen molar-refractivity contribution in [2.75, 3.05) is 29.9 Å². The van der Waals surface area contributed by atoms with Crippen molar-refractivity contribution in [1.29, 1.82) is 0 Å². The molecule has 0 unspecified atom stereocenters. The first-order chi connectivity index (χ1) is 14.7. The number of carbonyl (C=O) groups excluding carboxylic acids is 1. The van der Waals surface area contributed by atoms with E-state index in [1.165, 1.54) is 0 Å². The van der Waals surface area contributed by atoms with Gasteiger partial charge in [-0.1, -0.05) is 12.1 Å². The number of alkyl halides is 3. The predicted octanol–water partition coefficient (Wildman–Crippen LogP) is 4.87. The molecule has 3 rings (SSSR count). The Labute approximate surface area is 177 Å². The summed E-state index contributed by atoms with van der Waals surface area (Å²) >= 11 is 0. The third-order valence-corrected chi connectivity index (χ3v) is 5.15. The van der Waals surface area contributed by atoms with Crippen molar-refractivity contribution in [1.82, 2.24) is 0 Å². The Hall–Kier alpha value is -3.30. The molecule has 1 fully saturated rings. The number of nitrogens with zero attached hydrogens (tertiary/aromatic N) is 2. The molecule has 0 aromatic heterocycles. The molecule has 7 nitrogen and oxygen atoms in total. The van der Waals surface area contributed by atoms with Crippen molar-refractivity contribution in [3.05, 3.63) is 58.1 Å². The highest BCUT2D eigenvalue weighted by Gasteiger charge is 2.35. The summed E-state index contributed by atoms with van der Waals surface area (Å²) in [5.41, 5.74) is -0.970. The molecule has 0 saturated carbocycles. The van der Waals surface area contributed by atoms with Gasteiger partial charge in [0.2, 0.25) is 5.91 Å². The van der Waals surface area contributed by atoms with Gasteiger partial charge >= 0.3 is 6.18 Å². The lowest BCUT2D eigenvalue weighted by Crippen LogP contribution is -2.38. The maximum atomic E-state index is 12.9. The highest BCUT2D eigenvalue weighted by atomic mass is 19.4. The van der Waals surface area contributed by atoms with Gasteiger partial charge in [0.25, 0.3) is 5.69 Å². The van der Waals surface area contributed by atoms with Gasteiger partial charge in [-0.3, -0.25) is 14.9 Å². The molecule has 0 radical (unpaired) electrons. The molecule has 10 heteroatoms. The minimum absolute atomic E-state index is 0.124. The van der Waals surface area contributed by atoms with E-state index in [-0.39, 0.29) is 17.5 Å². The molecule has 2 aromatic rings. The highest BCUT2D eigenvalue weighted by molar-refractivity contribution is 5.94. The van der Waals surface area contributed by atoms with Crippen molar-refractivity contribution in [3.63, 3.8) is 0 Å². The van der Waals surface area contributed by atoms with Gasteiger partial charge in [-0.05, 0) is 44.0 Å². The zero-order chi connectivity index (χ0) is 22.6. The number of nitrogens with one attached hydrogen (secondary N) is 1. The molecule has 31 heavy (non-hydrogen) atoms. The third kappa shape index (κ3) is 5.25. The fraction of sp³-hybridized carbons (Fsp3) is 0.381. The highest BCUT2D eigenvalue weighted by Crippen LogP contribution is 2.38. The number of para-hydroxylation sites is 2. The minimum atomic E-state index is -4.66. The van der Waals surface area contributed by atoms with Gasteiger partial charge in [0.1, 0.15) is 11.4 Å². The van der Waals surface area contributed by atoms with E-state index < -0.39 is 22.4 Å². The second-order valence-corrected chi connectivity index (χ2v) is 7.14. The smallest absolute Gasteiger partial charge is 0.416 e. The largest absolute Gasteiger partial charge is 0.492 e. The summed E-state index contributed by atoms with van der Waals surface area (Å²) in [7, 11) is 0. The third-order valence-electron chi connectivity index (χ3n) is 5.15. The van der Waals surface area contributed by atoms with Gasteiger partial charge in [-0.25, -0.2) is 0 Å². The minimum Gasteiger partial charge on any atom is -0.492 e. The van der Waals surface area contributed by atoms with Crippen LogP contribution in [0.1, 0.15) is 25.3 Å². The first-order valence-corrected chi connectivity index (χ1v) is 9.84. The number of anilines is 2. The molecular formula is C21H22F3N3O4. The summed E-state index contributed by atoms with van der Waals surface area (Å²) in [4.78, 5) is 24.9. The van der Waals surface area contributed by atoms with E-state index in [4.69, 9.17) is 4.74 Å². The van der Waals surface area contributed by atoms with Crippen LogP contribution < -0.4 is 15.0 Å². The van der Waals surface area contributed by atoms with Crippen LogP contribution in [0.3, 0.4) is 0 Å². The number of hydrogen-bond donors (Lipinski definition) is 1. The number of amides is 1. The number of benzene rings is 2. The molecule has 0 aliphatic carbocycles. The first-order valence-electron chi connectivity index (χ1n) is 9.84. The van der Waals surface area contributed by atoms with Crippen LogP contribution in [0, 0.1) is 16.0 Å². The number of halogens is 3. The Kier molecular flexibility index (Phi) is 6.67. The standard InChI is InChI=1S/C21H22F3N3O4/c1-2-31-19-6-4-3-5-16(19)25-20(28)14-9-11-26(12-10-14)17-8-7-15(21(22,23)24)13-18(17)27(29)30/h3-8,13-14H,2,9-12H2,1H3,(H,25,28). The van der Waals surface area contributed by atoms with Crippen LogP contribution in [0.25, 0.3) is 0 Å². The van der Waals surface area contributed by atoms with Crippen LogP contribution in [-0.2, 0) is 11.0 Å². The van der Waals surface area contributed by atoms with Crippen molar-refractivity contribution < 1.29 is 27.6 Å². The molecule has 0 spiro atoms. The second kappa shape index (κ2) is 9.23. The number of piperidine rings is 1. The van der Waals surface area contributed by atoms with Gasteiger partial charge in [-0.2, -0.15) is 13.2 Å². The summed E-state index contributed by atoms with van der Waals surface area (Å²) < 4.78 is 44.2. The summed E-state index contributed by atoms with van der Waals surface area (Å²) in [5, 5.41) is 14.2. The number of nitro benzene ring substituents is 1. The lowest BCUT2D eigenvalue weighted by atomic mass is 9.95. The molecule has 2 aromatic carbocycles. The van der Waals surface area contributed by atoms with Crippen LogP contribution in [0.15, 0.2) is 42.5 Å².